The lowest BCUT2D eigenvalue weighted by molar-refractivity contribution is 0.0985. The molecular weight excluding hydrogens is 312 g/mol. The van der Waals surface area contributed by atoms with Crippen LogP contribution in [0.5, 0.6) is 0 Å². The lowest BCUT2D eigenvalue weighted by Gasteiger charge is -2.31. The summed E-state index contributed by atoms with van der Waals surface area (Å²) in [5, 5.41) is 4.11. The number of aromatic nitrogens is 3. The highest BCUT2D eigenvalue weighted by Gasteiger charge is 2.24. The minimum Gasteiger partial charge on any atom is -0.308 e. The number of carbonyl (C=O) groups is 1. The van der Waals surface area contributed by atoms with Crippen LogP contribution in [-0.4, -0.2) is 27.2 Å². The number of carbonyl (C=O) groups excluding carboxylic acids is 1. The Hall–Kier alpha value is -2.95. The Kier molecular flexibility index (Phi) is 4.06. The van der Waals surface area contributed by atoms with Gasteiger partial charge < -0.3 is 4.90 Å². The third-order valence-corrected chi connectivity index (χ3v) is 4.68. The molecule has 1 aromatic heterocycles. The lowest BCUT2D eigenvalue weighted by Crippen LogP contribution is -2.36. The molecule has 2 aromatic carbocycles. The second-order valence-corrected chi connectivity index (χ2v) is 6.43. The minimum atomic E-state index is 0.0718. The Bertz CT molecular complexity index is 885. The van der Waals surface area contributed by atoms with E-state index in [9.17, 15) is 4.79 Å². The largest absolute Gasteiger partial charge is 0.308 e. The summed E-state index contributed by atoms with van der Waals surface area (Å²) < 4.78 is 1.76. The SMILES string of the molecule is Cc1cccc2c1N(C(=O)c1ccc(Cn3cncn3)cc1)CCC2. The minimum absolute atomic E-state index is 0.0718. The number of amides is 1. The zero-order valence-electron chi connectivity index (χ0n) is 14.2. The highest BCUT2D eigenvalue weighted by atomic mass is 16.2. The van der Waals surface area contributed by atoms with Crippen LogP contribution in [0.2, 0.25) is 0 Å². The van der Waals surface area contributed by atoms with Crippen LogP contribution in [0.1, 0.15) is 33.5 Å². The van der Waals surface area contributed by atoms with Gasteiger partial charge in [-0.2, -0.15) is 5.10 Å². The van der Waals surface area contributed by atoms with E-state index in [0.717, 1.165) is 41.8 Å². The Morgan fingerprint density at radius 2 is 2.00 bits per heavy atom. The van der Waals surface area contributed by atoms with Crippen molar-refractivity contribution in [2.75, 3.05) is 11.4 Å². The number of nitrogens with zero attached hydrogens (tertiary/aromatic N) is 4. The van der Waals surface area contributed by atoms with Crippen LogP contribution in [0.3, 0.4) is 0 Å². The highest BCUT2D eigenvalue weighted by molar-refractivity contribution is 6.07. The number of hydrogen-bond donors (Lipinski definition) is 0. The first-order valence-corrected chi connectivity index (χ1v) is 8.54. The molecule has 0 saturated heterocycles. The smallest absolute Gasteiger partial charge is 0.258 e. The number of para-hydroxylation sites is 1. The van der Waals surface area contributed by atoms with Crippen molar-refractivity contribution in [3.8, 4) is 0 Å². The Labute approximate surface area is 146 Å². The second-order valence-electron chi connectivity index (χ2n) is 6.43. The monoisotopic (exact) mass is 332 g/mol. The van der Waals surface area contributed by atoms with Crippen molar-refractivity contribution in [2.45, 2.75) is 26.3 Å². The molecular formula is C20H20N4O. The van der Waals surface area contributed by atoms with Gasteiger partial charge in [-0.25, -0.2) is 9.67 Å². The molecule has 0 atom stereocenters. The summed E-state index contributed by atoms with van der Waals surface area (Å²) in [4.78, 5) is 18.9. The normalized spacial score (nSPS) is 13.6. The number of aryl methyl sites for hydroxylation is 2. The van der Waals surface area contributed by atoms with Gasteiger partial charge in [0.2, 0.25) is 0 Å². The molecule has 0 radical (unpaired) electrons. The number of fused-ring (bicyclic) bond motifs is 1. The molecule has 0 aliphatic carbocycles. The van der Waals surface area contributed by atoms with Gasteiger partial charge in [-0.1, -0.05) is 30.3 Å². The van der Waals surface area contributed by atoms with E-state index in [1.54, 1.807) is 11.0 Å². The average Bonchev–Trinajstić information content (AvgIpc) is 3.15. The standard InChI is InChI=1S/C20H20N4O/c1-15-4-2-5-17-6-3-11-24(19(15)17)20(25)18-9-7-16(8-10-18)12-23-14-21-13-22-23/h2,4-5,7-10,13-14H,3,6,11-12H2,1H3. The van der Waals surface area contributed by atoms with E-state index in [4.69, 9.17) is 0 Å². The molecule has 4 rings (SSSR count). The number of anilines is 1. The molecule has 5 nitrogen and oxygen atoms in total. The fourth-order valence-electron chi connectivity index (χ4n) is 3.46. The first-order valence-electron chi connectivity index (χ1n) is 8.54. The van der Waals surface area contributed by atoms with Crippen LogP contribution in [0, 0.1) is 6.92 Å². The van der Waals surface area contributed by atoms with Crippen LogP contribution in [0.4, 0.5) is 5.69 Å². The molecule has 1 aliphatic rings. The fraction of sp³-hybridized carbons (Fsp3) is 0.250. The third-order valence-electron chi connectivity index (χ3n) is 4.68. The summed E-state index contributed by atoms with van der Waals surface area (Å²) in [5.41, 5.74) is 5.33. The van der Waals surface area contributed by atoms with Gasteiger partial charge in [-0.05, 0) is 48.6 Å². The maximum absolute atomic E-state index is 13.0. The van der Waals surface area contributed by atoms with Gasteiger partial charge in [-0.3, -0.25) is 4.79 Å². The van der Waals surface area contributed by atoms with Crippen LogP contribution >= 0.6 is 0 Å². The second kappa shape index (κ2) is 6.51. The Morgan fingerprint density at radius 1 is 1.16 bits per heavy atom. The average molecular weight is 332 g/mol. The topological polar surface area (TPSA) is 51.0 Å². The van der Waals surface area contributed by atoms with Gasteiger partial charge in [0, 0.05) is 12.1 Å². The molecule has 0 N–H and O–H groups in total. The van der Waals surface area contributed by atoms with Crippen molar-refractivity contribution < 1.29 is 4.79 Å². The molecule has 1 aliphatic heterocycles. The molecule has 0 unspecified atom stereocenters. The number of rotatable bonds is 3. The maximum atomic E-state index is 13.0. The summed E-state index contributed by atoms with van der Waals surface area (Å²) in [6, 6.07) is 14.0. The van der Waals surface area contributed by atoms with E-state index in [2.05, 4.69) is 35.2 Å². The van der Waals surface area contributed by atoms with Gasteiger partial charge in [-0.15, -0.1) is 0 Å². The predicted molar refractivity (Wildman–Crippen MR) is 96.7 cm³/mol. The Balaban J connectivity index is 1.58. The van der Waals surface area contributed by atoms with Crippen LogP contribution < -0.4 is 4.90 Å². The summed E-state index contributed by atoms with van der Waals surface area (Å²) >= 11 is 0. The van der Waals surface area contributed by atoms with E-state index in [-0.39, 0.29) is 5.91 Å². The molecule has 126 valence electrons. The summed E-state index contributed by atoms with van der Waals surface area (Å²) in [6.07, 6.45) is 5.25. The quantitative estimate of drug-likeness (QED) is 0.740. The zero-order chi connectivity index (χ0) is 17.2. The van der Waals surface area contributed by atoms with Crippen LogP contribution in [0.25, 0.3) is 0 Å². The van der Waals surface area contributed by atoms with Crippen molar-refractivity contribution in [3.05, 3.63) is 77.4 Å². The number of hydrogen-bond acceptors (Lipinski definition) is 3. The third kappa shape index (κ3) is 3.05. The predicted octanol–water partition coefficient (Wildman–Crippen LogP) is 3.23. The van der Waals surface area contributed by atoms with Gasteiger partial charge in [0.25, 0.3) is 5.91 Å². The molecule has 25 heavy (non-hydrogen) atoms. The van der Waals surface area contributed by atoms with E-state index in [0.29, 0.717) is 6.54 Å². The van der Waals surface area contributed by atoms with E-state index < -0.39 is 0 Å². The van der Waals surface area contributed by atoms with E-state index >= 15 is 0 Å². The molecule has 0 fully saturated rings. The van der Waals surface area contributed by atoms with Crippen molar-refractivity contribution in [2.24, 2.45) is 0 Å². The van der Waals surface area contributed by atoms with Crippen molar-refractivity contribution in [1.82, 2.24) is 14.8 Å². The van der Waals surface area contributed by atoms with Crippen molar-refractivity contribution >= 4 is 11.6 Å². The first kappa shape index (κ1) is 15.6. The van der Waals surface area contributed by atoms with Gasteiger partial charge in [0.15, 0.2) is 0 Å². The van der Waals surface area contributed by atoms with Crippen molar-refractivity contribution in [3.63, 3.8) is 0 Å². The zero-order valence-corrected chi connectivity index (χ0v) is 14.2. The fourth-order valence-corrected chi connectivity index (χ4v) is 3.46. The molecule has 0 spiro atoms. The van der Waals surface area contributed by atoms with E-state index in [1.807, 2.05) is 29.2 Å². The maximum Gasteiger partial charge on any atom is 0.258 e. The molecule has 3 aromatic rings. The number of benzene rings is 2. The molecule has 0 bridgehead atoms. The van der Waals surface area contributed by atoms with Crippen molar-refractivity contribution in [1.29, 1.82) is 0 Å². The summed E-state index contributed by atoms with van der Waals surface area (Å²) in [7, 11) is 0. The summed E-state index contributed by atoms with van der Waals surface area (Å²) in [6.45, 7) is 3.50. The highest BCUT2D eigenvalue weighted by Crippen LogP contribution is 2.31. The first-order chi connectivity index (χ1) is 12.2. The molecule has 0 saturated carbocycles. The molecule has 2 heterocycles. The summed E-state index contributed by atoms with van der Waals surface area (Å²) in [5.74, 6) is 0.0718. The van der Waals surface area contributed by atoms with Crippen LogP contribution in [0.15, 0.2) is 55.1 Å². The molecule has 1 amide bonds. The van der Waals surface area contributed by atoms with Crippen LogP contribution in [-0.2, 0) is 13.0 Å². The lowest BCUT2D eigenvalue weighted by atomic mass is 9.97. The van der Waals surface area contributed by atoms with Gasteiger partial charge in [0.05, 0.1) is 12.2 Å². The molecule has 5 heteroatoms. The van der Waals surface area contributed by atoms with Gasteiger partial charge in [0.1, 0.15) is 12.7 Å². The Morgan fingerprint density at radius 3 is 2.76 bits per heavy atom. The van der Waals surface area contributed by atoms with Gasteiger partial charge >= 0.3 is 0 Å². The van der Waals surface area contributed by atoms with E-state index in [1.165, 1.54) is 11.9 Å².